The summed E-state index contributed by atoms with van der Waals surface area (Å²) in [5.41, 5.74) is -3.86. The Morgan fingerprint density at radius 2 is 1.82 bits per heavy atom. The van der Waals surface area contributed by atoms with E-state index in [0.717, 1.165) is 18.4 Å². The summed E-state index contributed by atoms with van der Waals surface area (Å²) < 4.78 is 5.61. The molecule has 0 aromatic carbocycles. The first-order chi connectivity index (χ1) is 17.5. The molecule has 4 aliphatic rings. The monoisotopic (exact) mass is 532 g/mol. The maximum absolute atomic E-state index is 13.6. The number of hydrogen-bond donors (Lipinski definition) is 4. The van der Waals surface area contributed by atoms with Crippen LogP contribution in [0.3, 0.4) is 0 Å². The number of ketones is 1. The number of esters is 1. The van der Waals surface area contributed by atoms with Crippen molar-refractivity contribution in [2.45, 2.75) is 128 Å². The third kappa shape index (κ3) is 4.71. The summed E-state index contributed by atoms with van der Waals surface area (Å²) in [6, 6.07) is 0. The average Bonchev–Trinajstić information content (AvgIpc) is 3.10. The van der Waals surface area contributed by atoms with Crippen LogP contribution >= 0.6 is 0 Å². The number of carbonyl (C=O) groups is 2. The first kappa shape index (κ1) is 29.4. The van der Waals surface area contributed by atoms with Crippen molar-refractivity contribution in [2.24, 2.45) is 28.6 Å². The van der Waals surface area contributed by atoms with Gasteiger partial charge in [-0.15, -0.1) is 0 Å². The second kappa shape index (κ2) is 9.83. The fourth-order valence-corrected chi connectivity index (χ4v) is 8.70. The van der Waals surface area contributed by atoms with Gasteiger partial charge in [0.2, 0.25) is 0 Å². The summed E-state index contributed by atoms with van der Waals surface area (Å²) in [6.45, 7) is 11.0. The minimum absolute atomic E-state index is 0.0105. The van der Waals surface area contributed by atoms with E-state index in [1.54, 1.807) is 39.8 Å². The van der Waals surface area contributed by atoms with Crippen LogP contribution in [0.15, 0.2) is 23.8 Å². The number of allylic oxidation sites excluding steroid dienone is 2. The van der Waals surface area contributed by atoms with Gasteiger partial charge in [0.25, 0.3) is 0 Å². The Labute approximate surface area is 227 Å². The summed E-state index contributed by atoms with van der Waals surface area (Å²) >= 11 is 0. The lowest BCUT2D eigenvalue weighted by Crippen LogP contribution is -2.62. The third-order valence-corrected chi connectivity index (χ3v) is 11.0. The van der Waals surface area contributed by atoms with Gasteiger partial charge in [0, 0.05) is 17.4 Å². The Morgan fingerprint density at radius 1 is 1.13 bits per heavy atom. The lowest BCUT2D eigenvalue weighted by molar-refractivity contribution is -0.174. The van der Waals surface area contributed by atoms with Crippen LogP contribution in [-0.4, -0.2) is 61.2 Å². The molecule has 0 saturated heterocycles. The summed E-state index contributed by atoms with van der Waals surface area (Å²) in [4.78, 5) is 25.6. The molecule has 3 fully saturated rings. The highest BCUT2D eigenvalue weighted by Crippen LogP contribution is 2.68. The Kier molecular flexibility index (Phi) is 7.61. The number of aliphatic hydroxyl groups excluding tert-OH is 1. The number of carbonyl (C=O) groups excluding carboxylic acids is 2. The fourth-order valence-electron chi connectivity index (χ4n) is 8.70. The van der Waals surface area contributed by atoms with Gasteiger partial charge in [-0.05, 0) is 114 Å². The van der Waals surface area contributed by atoms with E-state index in [4.69, 9.17) is 4.74 Å². The van der Waals surface area contributed by atoms with Crippen molar-refractivity contribution in [2.75, 3.05) is 0 Å². The molecule has 214 valence electrons. The highest BCUT2D eigenvalue weighted by Gasteiger charge is 2.68. The van der Waals surface area contributed by atoms with Crippen LogP contribution in [0.1, 0.15) is 99.3 Å². The Morgan fingerprint density at radius 3 is 2.45 bits per heavy atom. The molecule has 0 radical (unpaired) electrons. The van der Waals surface area contributed by atoms with Crippen molar-refractivity contribution >= 4 is 11.8 Å². The summed E-state index contributed by atoms with van der Waals surface area (Å²) in [6.07, 6.45) is 8.37. The molecule has 7 heteroatoms. The van der Waals surface area contributed by atoms with Gasteiger partial charge in [-0.3, -0.25) is 4.79 Å². The predicted molar refractivity (Wildman–Crippen MR) is 144 cm³/mol. The molecule has 0 aromatic rings. The van der Waals surface area contributed by atoms with Gasteiger partial charge in [0.05, 0.1) is 22.9 Å². The number of fused-ring (bicyclic) bond motifs is 5. The van der Waals surface area contributed by atoms with E-state index in [0.29, 0.717) is 38.5 Å². The maximum atomic E-state index is 13.6. The van der Waals surface area contributed by atoms with Gasteiger partial charge in [-0.2, -0.15) is 0 Å². The van der Waals surface area contributed by atoms with E-state index in [1.165, 1.54) is 6.08 Å². The zero-order valence-corrected chi connectivity index (χ0v) is 24.0. The van der Waals surface area contributed by atoms with Gasteiger partial charge in [-0.1, -0.05) is 19.9 Å². The lowest BCUT2D eigenvalue weighted by atomic mass is 9.46. The zero-order valence-electron chi connectivity index (χ0n) is 24.0. The molecule has 0 bridgehead atoms. The highest BCUT2D eigenvalue weighted by atomic mass is 16.5. The predicted octanol–water partition coefficient (Wildman–Crippen LogP) is 4.01. The van der Waals surface area contributed by atoms with E-state index in [2.05, 4.69) is 6.92 Å². The molecule has 0 amide bonds. The van der Waals surface area contributed by atoms with E-state index in [9.17, 15) is 30.0 Å². The Balaban J connectivity index is 1.60. The minimum atomic E-state index is -1.45. The number of ether oxygens (including phenoxy) is 1. The van der Waals surface area contributed by atoms with Crippen LogP contribution in [0, 0.1) is 28.6 Å². The topological polar surface area (TPSA) is 124 Å². The lowest BCUT2D eigenvalue weighted by Gasteiger charge is -2.60. The largest absolute Gasteiger partial charge is 0.459 e. The molecule has 38 heavy (non-hydrogen) atoms. The molecule has 4 N–H and O–H groups in total. The molecule has 9 atom stereocenters. The second-order valence-corrected chi connectivity index (χ2v) is 13.9. The third-order valence-electron chi connectivity index (χ3n) is 11.0. The number of hydrogen-bond acceptors (Lipinski definition) is 7. The molecule has 0 heterocycles. The van der Waals surface area contributed by atoms with Crippen molar-refractivity contribution in [3.63, 3.8) is 0 Å². The average molecular weight is 533 g/mol. The van der Waals surface area contributed by atoms with E-state index >= 15 is 0 Å². The highest BCUT2D eigenvalue weighted by molar-refractivity contribution is 5.95. The van der Waals surface area contributed by atoms with Gasteiger partial charge < -0.3 is 25.2 Å². The quantitative estimate of drug-likeness (QED) is 0.288. The molecule has 0 aliphatic heterocycles. The van der Waals surface area contributed by atoms with Crippen molar-refractivity contribution < 1.29 is 34.8 Å². The summed E-state index contributed by atoms with van der Waals surface area (Å²) in [5.74, 6) is -0.966. The van der Waals surface area contributed by atoms with Gasteiger partial charge >= 0.3 is 5.97 Å². The van der Waals surface area contributed by atoms with Crippen molar-refractivity contribution in [3.8, 4) is 0 Å². The van der Waals surface area contributed by atoms with Crippen LogP contribution in [0.2, 0.25) is 0 Å². The first-order valence-corrected chi connectivity index (χ1v) is 14.4. The molecule has 3 saturated carbocycles. The molecular weight excluding hydrogens is 484 g/mol. The minimum Gasteiger partial charge on any atom is -0.459 e. The van der Waals surface area contributed by atoms with Gasteiger partial charge in [0.15, 0.2) is 5.78 Å². The molecular formula is C31H48O7. The van der Waals surface area contributed by atoms with E-state index in [1.807, 2.05) is 6.92 Å². The van der Waals surface area contributed by atoms with Crippen LogP contribution in [-0.2, 0) is 14.3 Å². The SMILES string of the molecule is C/C=C/C(=O)O[C@H]1CC[C@@]2(C)[C@@H](C1)C(=O)C=C1[C@@H]2CC[C@]2(C)[C@@H]([C@@](C)(O)[C@H](O)CCC(C)(C)O)CC[C@@]12O. The van der Waals surface area contributed by atoms with Gasteiger partial charge in [-0.25, -0.2) is 4.79 Å². The Hall–Kier alpha value is -1.54. The standard InChI is InChI=1S/C31H48O7/c1-7-8-26(34)38-19-9-14-28(4)20-10-15-29(5)24(30(6,36)25(33)12-13-27(2,3)35)11-16-31(29,37)21(20)18-23(32)22(28)17-19/h7-8,18-20,22,24-25,33,35-37H,9-17H2,1-6H3/b8-7+/t19-,20-,22-,24-,25+,28+,29+,30+,31+/m0/s1. The summed E-state index contributed by atoms with van der Waals surface area (Å²) in [7, 11) is 0. The normalized spacial score (nSPS) is 41.5. The number of aliphatic hydroxyl groups is 4. The first-order valence-electron chi connectivity index (χ1n) is 14.4. The molecule has 0 aromatic heterocycles. The van der Waals surface area contributed by atoms with Crippen molar-refractivity contribution in [3.05, 3.63) is 23.8 Å². The number of rotatable bonds is 7. The van der Waals surface area contributed by atoms with E-state index < -0.39 is 28.3 Å². The molecule has 4 rings (SSSR count). The molecule has 7 nitrogen and oxygen atoms in total. The Bertz CT molecular complexity index is 1010. The fraction of sp³-hybridized carbons (Fsp3) is 0.806. The van der Waals surface area contributed by atoms with Crippen LogP contribution in [0.25, 0.3) is 0 Å². The van der Waals surface area contributed by atoms with Gasteiger partial charge in [0.1, 0.15) is 6.10 Å². The molecule has 4 aliphatic carbocycles. The molecule has 0 spiro atoms. The second-order valence-electron chi connectivity index (χ2n) is 13.9. The maximum Gasteiger partial charge on any atom is 0.330 e. The summed E-state index contributed by atoms with van der Waals surface area (Å²) in [5, 5.41) is 45.2. The van der Waals surface area contributed by atoms with Crippen molar-refractivity contribution in [1.29, 1.82) is 0 Å². The van der Waals surface area contributed by atoms with E-state index in [-0.39, 0.29) is 47.4 Å². The molecule has 0 unspecified atom stereocenters. The van der Waals surface area contributed by atoms with Crippen molar-refractivity contribution in [1.82, 2.24) is 0 Å². The van der Waals surface area contributed by atoms with Crippen LogP contribution < -0.4 is 0 Å². The van der Waals surface area contributed by atoms with Crippen LogP contribution in [0.5, 0.6) is 0 Å². The smallest absolute Gasteiger partial charge is 0.330 e. The van der Waals surface area contributed by atoms with Crippen LogP contribution in [0.4, 0.5) is 0 Å². The zero-order chi connectivity index (χ0) is 28.3.